The number of non-ortho nitro benzene ring substituents is 1. The van der Waals surface area contributed by atoms with E-state index in [1.807, 2.05) is 0 Å². The molecule has 0 radical (unpaired) electrons. The molecule has 2 aromatic heterocycles. The van der Waals surface area contributed by atoms with E-state index in [9.17, 15) is 14.9 Å². The molecule has 0 unspecified atom stereocenters. The van der Waals surface area contributed by atoms with Crippen molar-refractivity contribution in [2.24, 2.45) is 0 Å². The maximum atomic E-state index is 12.4. The number of halogens is 2. The zero-order valence-corrected chi connectivity index (χ0v) is 17.3. The molecule has 0 bridgehead atoms. The van der Waals surface area contributed by atoms with E-state index in [2.05, 4.69) is 0 Å². The van der Waals surface area contributed by atoms with Gasteiger partial charge in [0.25, 0.3) is 5.69 Å². The van der Waals surface area contributed by atoms with Crippen LogP contribution in [0.15, 0.2) is 81.6 Å². The number of nitro groups is 1. The lowest BCUT2D eigenvalue weighted by Crippen LogP contribution is -1.90. The van der Waals surface area contributed by atoms with E-state index in [1.165, 1.54) is 24.3 Å². The third-order valence-corrected chi connectivity index (χ3v) is 4.96. The highest BCUT2D eigenvalue weighted by atomic mass is 35.5. The molecule has 0 atom stereocenters. The van der Waals surface area contributed by atoms with Crippen molar-refractivity contribution in [3.05, 3.63) is 104 Å². The molecule has 0 aliphatic rings. The average molecular weight is 454 g/mol. The lowest BCUT2D eigenvalue weighted by molar-refractivity contribution is -0.384. The molecule has 4 aromatic rings. The zero-order valence-electron chi connectivity index (χ0n) is 15.7. The van der Waals surface area contributed by atoms with E-state index in [-0.39, 0.29) is 17.2 Å². The Morgan fingerprint density at radius 3 is 2.52 bits per heavy atom. The molecule has 0 saturated carbocycles. The summed E-state index contributed by atoms with van der Waals surface area (Å²) in [7, 11) is 0. The number of carbonyl (C=O) groups is 1. The van der Waals surface area contributed by atoms with Crippen molar-refractivity contribution >= 4 is 40.7 Å². The van der Waals surface area contributed by atoms with Crippen molar-refractivity contribution in [2.45, 2.75) is 0 Å². The molecule has 4 rings (SSSR count). The summed E-state index contributed by atoms with van der Waals surface area (Å²) in [6.07, 6.45) is 2.82. The van der Waals surface area contributed by atoms with Gasteiger partial charge in [0.2, 0.25) is 5.78 Å². The average Bonchev–Trinajstić information content (AvgIpc) is 3.42. The predicted octanol–water partition coefficient (Wildman–Crippen LogP) is 7.32. The van der Waals surface area contributed by atoms with E-state index < -0.39 is 4.92 Å². The van der Waals surface area contributed by atoms with Gasteiger partial charge in [-0.3, -0.25) is 14.9 Å². The van der Waals surface area contributed by atoms with Crippen LogP contribution in [0.4, 0.5) is 5.69 Å². The van der Waals surface area contributed by atoms with Crippen LogP contribution >= 0.6 is 23.2 Å². The number of rotatable bonds is 6. The van der Waals surface area contributed by atoms with Gasteiger partial charge in [0.05, 0.1) is 9.95 Å². The van der Waals surface area contributed by atoms with Crippen LogP contribution in [-0.2, 0) is 0 Å². The third kappa shape index (κ3) is 4.60. The zero-order chi connectivity index (χ0) is 22.0. The van der Waals surface area contributed by atoms with Gasteiger partial charge in [0, 0.05) is 28.3 Å². The SMILES string of the molecule is O=C(/C=C/c1ccc(-c2cccc([N+](=O)[O-])c2)o1)c1ccc(-c2ccc(Cl)cc2Cl)o1. The van der Waals surface area contributed by atoms with E-state index in [0.717, 1.165) is 0 Å². The van der Waals surface area contributed by atoms with Crippen LogP contribution in [0.5, 0.6) is 0 Å². The molecule has 8 heteroatoms. The van der Waals surface area contributed by atoms with Crippen LogP contribution in [0.3, 0.4) is 0 Å². The number of benzene rings is 2. The smallest absolute Gasteiger partial charge is 0.270 e. The number of nitro benzene ring substituents is 1. The summed E-state index contributed by atoms with van der Waals surface area (Å²) in [5.41, 5.74) is 1.16. The minimum Gasteiger partial charge on any atom is -0.457 e. The van der Waals surface area contributed by atoms with E-state index in [0.29, 0.717) is 38.5 Å². The summed E-state index contributed by atoms with van der Waals surface area (Å²) in [6.45, 7) is 0. The molecule has 0 aliphatic carbocycles. The summed E-state index contributed by atoms with van der Waals surface area (Å²) in [6, 6.07) is 17.7. The molecule has 154 valence electrons. The van der Waals surface area contributed by atoms with Gasteiger partial charge < -0.3 is 8.83 Å². The molecule has 0 aliphatic heterocycles. The molecule has 0 saturated heterocycles. The van der Waals surface area contributed by atoms with Crippen molar-refractivity contribution < 1.29 is 18.6 Å². The fourth-order valence-corrected chi connectivity index (χ4v) is 3.42. The first-order valence-electron chi connectivity index (χ1n) is 9.03. The molecule has 6 nitrogen and oxygen atoms in total. The van der Waals surface area contributed by atoms with Crippen LogP contribution < -0.4 is 0 Å². The minimum absolute atomic E-state index is 0.0319. The van der Waals surface area contributed by atoms with Gasteiger partial charge in [-0.05, 0) is 54.6 Å². The second-order valence-corrected chi connectivity index (χ2v) is 7.34. The molecular weight excluding hydrogens is 441 g/mol. The number of nitrogens with zero attached hydrogens (tertiary/aromatic N) is 1. The van der Waals surface area contributed by atoms with Crippen molar-refractivity contribution in [1.82, 2.24) is 0 Å². The molecule has 2 aromatic carbocycles. The van der Waals surface area contributed by atoms with Crippen LogP contribution in [0.1, 0.15) is 16.3 Å². The Morgan fingerprint density at radius 2 is 1.74 bits per heavy atom. The van der Waals surface area contributed by atoms with Gasteiger partial charge in [0.1, 0.15) is 17.3 Å². The summed E-state index contributed by atoms with van der Waals surface area (Å²) in [5, 5.41) is 11.9. The molecular formula is C23H13Cl2NO5. The normalized spacial score (nSPS) is 11.2. The van der Waals surface area contributed by atoms with Gasteiger partial charge in [-0.2, -0.15) is 0 Å². The number of ketones is 1. The fourth-order valence-electron chi connectivity index (χ4n) is 2.91. The summed E-state index contributed by atoms with van der Waals surface area (Å²) < 4.78 is 11.3. The van der Waals surface area contributed by atoms with Crippen molar-refractivity contribution in [1.29, 1.82) is 0 Å². The minimum atomic E-state index is -0.471. The Morgan fingerprint density at radius 1 is 0.935 bits per heavy atom. The maximum absolute atomic E-state index is 12.4. The largest absolute Gasteiger partial charge is 0.457 e. The topological polar surface area (TPSA) is 86.5 Å². The molecule has 0 fully saturated rings. The molecule has 0 spiro atoms. The second-order valence-electron chi connectivity index (χ2n) is 6.50. The lowest BCUT2D eigenvalue weighted by Gasteiger charge is -2.00. The summed E-state index contributed by atoms with van der Waals surface area (Å²) in [5.74, 6) is 1.10. The number of allylic oxidation sites excluding steroid dienone is 1. The highest BCUT2D eigenvalue weighted by Gasteiger charge is 2.13. The van der Waals surface area contributed by atoms with Gasteiger partial charge in [-0.1, -0.05) is 35.3 Å². The highest BCUT2D eigenvalue weighted by molar-refractivity contribution is 6.36. The standard InChI is InChI=1S/C23H13Cl2NO5/c24-15-4-7-18(19(25)13-15)22-10-11-23(31-22)20(27)8-5-17-6-9-21(30-17)14-2-1-3-16(12-14)26(28)29/h1-13H/b8-5+. The monoisotopic (exact) mass is 453 g/mol. The number of carbonyl (C=O) groups excluding carboxylic acids is 1. The fraction of sp³-hybridized carbons (Fsp3) is 0. The second kappa shape index (κ2) is 8.63. The molecule has 31 heavy (non-hydrogen) atoms. The Labute approximate surface area is 186 Å². The Kier molecular flexibility index (Phi) is 5.75. The quantitative estimate of drug-likeness (QED) is 0.132. The van der Waals surface area contributed by atoms with Crippen molar-refractivity contribution in [2.75, 3.05) is 0 Å². The van der Waals surface area contributed by atoms with Gasteiger partial charge in [0.15, 0.2) is 5.76 Å². The maximum Gasteiger partial charge on any atom is 0.270 e. The van der Waals surface area contributed by atoms with Crippen LogP contribution in [0.25, 0.3) is 28.7 Å². The predicted molar refractivity (Wildman–Crippen MR) is 118 cm³/mol. The number of furan rings is 2. The number of hydrogen-bond acceptors (Lipinski definition) is 5. The Bertz CT molecular complexity index is 1320. The van der Waals surface area contributed by atoms with Gasteiger partial charge in [-0.25, -0.2) is 0 Å². The van der Waals surface area contributed by atoms with Crippen LogP contribution in [0.2, 0.25) is 10.0 Å². The summed E-state index contributed by atoms with van der Waals surface area (Å²) >= 11 is 12.1. The molecule has 0 amide bonds. The number of hydrogen-bond donors (Lipinski definition) is 0. The third-order valence-electron chi connectivity index (χ3n) is 4.41. The van der Waals surface area contributed by atoms with Crippen LogP contribution in [-0.4, -0.2) is 10.7 Å². The molecule has 2 heterocycles. The van der Waals surface area contributed by atoms with E-state index >= 15 is 0 Å². The van der Waals surface area contributed by atoms with Crippen molar-refractivity contribution in [3.63, 3.8) is 0 Å². The Balaban J connectivity index is 1.50. The highest BCUT2D eigenvalue weighted by Crippen LogP contribution is 2.32. The van der Waals surface area contributed by atoms with Crippen LogP contribution in [0, 0.1) is 10.1 Å². The van der Waals surface area contributed by atoms with E-state index in [4.69, 9.17) is 32.0 Å². The van der Waals surface area contributed by atoms with Gasteiger partial charge in [-0.15, -0.1) is 0 Å². The first-order valence-corrected chi connectivity index (χ1v) is 9.78. The molecule has 0 N–H and O–H groups in total. The van der Waals surface area contributed by atoms with Gasteiger partial charge >= 0.3 is 0 Å². The summed E-state index contributed by atoms with van der Waals surface area (Å²) in [4.78, 5) is 22.9. The Hall–Kier alpha value is -3.61. The van der Waals surface area contributed by atoms with Crippen molar-refractivity contribution in [3.8, 4) is 22.6 Å². The van der Waals surface area contributed by atoms with E-state index in [1.54, 1.807) is 54.6 Å². The lowest BCUT2D eigenvalue weighted by atomic mass is 10.1. The first kappa shape index (κ1) is 20.7. The first-order chi connectivity index (χ1) is 14.9.